The van der Waals surface area contributed by atoms with Gasteiger partial charge in [-0.3, -0.25) is 0 Å². The molecule has 4 aromatic carbocycles. The van der Waals surface area contributed by atoms with Gasteiger partial charge >= 0.3 is 5.97 Å². The fourth-order valence-electron chi connectivity index (χ4n) is 6.12. The number of rotatable bonds is 9. The van der Waals surface area contributed by atoms with Gasteiger partial charge in [0, 0.05) is 35.4 Å². The lowest BCUT2D eigenvalue weighted by molar-refractivity contribution is 0.0697. The molecule has 0 unspecified atom stereocenters. The Bertz CT molecular complexity index is 1670. The molecule has 0 aliphatic heterocycles. The molecule has 1 fully saturated rings. The summed E-state index contributed by atoms with van der Waals surface area (Å²) in [6.07, 6.45) is 6.94. The number of fused-ring (bicyclic) bond motifs is 1. The van der Waals surface area contributed by atoms with Crippen LogP contribution >= 0.6 is 11.6 Å². The smallest absolute Gasteiger partial charge is 0.335 e. The van der Waals surface area contributed by atoms with E-state index < -0.39 is 5.97 Å². The Morgan fingerprint density at radius 2 is 1.48 bits per heavy atom. The Balaban J connectivity index is 1.32. The highest BCUT2D eigenvalue weighted by Crippen LogP contribution is 2.36. The van der Waals surface area contributed by atoms with Crippen LogP contribution in [-0.2, 0) is 19.5 Å². The topological polar surface area (TPSA) is 58.4 Å². The van der Waals surface area contributed by atoms with Gasteiger partial charge in [0.1, 0.15) is 5.82 Å². The molecule has 0 atom stereocenters. The maximum absolute atomic E-state index is 11.7. The Labute approximate surface area is 252 Å². The van der Waals surface area contributed by atoms with Crippen molar-refractivity contribution in [3.8, 4) is 11.4 Å². The van der Waals surface area contributed by atoms with Crippen molar-refractivity contribution in [2.75, 3.05) is 4.90 Å². The summed E-state index contributed by atoms with van der Waals surface area (Å²) in [5, 5.41) is 10.3. The van der Waals surface area contributed by atoms with Crippen molar-refractivity contribution in [3.63, 3.8) is 0 Å². The number of nitrogens with zero attached hydrogens (tertiary/aromatic N) is 3. The van der Waals surface area contributed by atoms with E-state index in [0.717, 1.165) is 59.8 Å². The number of carboxylic acids is 1. The maximum atomic E-state index is 11.7. The van der Waals surface area contributed by atoms with Gasteiger partial charge < -0.3 is 14.6 Å². The number of aromatic carboxylic acids is 1. The van der Waals surface area contributed by atoms with Crippen LogP contribution in [0.3, 0.4) is 0 Å². The van der Waals surface area contributed by atoms with Crippen LogP contribution in [0.2, 0.25) is 5.02 Å². The molecule has 5 nitrogen and oxygen atoms in total. The molecular formula is C36H36ClN3O2. The number of aromatic nitrogens is 2. The minimum absolute atomic E-state index is 0.269. The monoisotopic (exact) mass is 577 g/mol. The second-order valence-corrected chi connectivity index (χ2v) is 11.7. The lowest BCUT2D eigenvalue weighted by atomic mass is 9.94. The predicted molar refractivity (Wildman–Crippen MR) is 171 cm³/mol. The average Bonchev–Trinajstić information content (AvgIpc) is 3.41. The van der Waals surface area contributed by atoms with E-state index in [9.17, 15) is 9.90 Å². The third-order valence-corrected chi connectivity index (χ3v) is 8.71. The Morgan fingerprint density at radius 1 is 0.857 bits per heavy atom. The van der Waals surface area contributed by atoms with Gasteiger partial charge in [0.15, 0.2) is 0 Å². The zero-order valence-corrected chi connectivity index (χ0v) is 24.7. The molecule has 5 aromatic rings. The lowest BCUT2D eigenvalue weighted by Gasteiger charge is -2.26. The van der Waals surface area contributed by atoms with E-state index in [1.807, 2.05) is 18.2 Å². The molecule has 42 heavy (non-hydrogen) atoms. The first-order valence-electron chi connectivity index (χ1n) is 14.9. The summed E-state index contributed by atoms with van der Waals surface area (Å²) in [6.45, 7) is 3.71. The molecule has 214 valence electrons. The van der Waals surface area contributed by atoms with Crippen molar-refractivity contribution in [2.45, 2.75) is 64.6 Å². The van der Waals surface area contributed by atoms with Crippen LogP contribution in [0.15, 0.2) is 91.0 Å². The number of carboxylic acid groups (broad SMARTS) is 1. The molecule has 1 saturated carbocycles. The number of halogens is 1. The molecule has 0 radical (unpaired) electrons. The predicted octanol–water partition coefficient (Wildman–Crippen LogP) is 9.33. The van der Waals surface area contributed by atoms with Crippen molar-refractivity contribution >= 4 is 34.3 Å². The highest BCUT2D eigenvalue weighted by molar-refractivity contribution is 6.30. The molecule has 0 spiro atoms. The van der Waals surface area contributed by atoms with Crippen molar-refractivity contribution in [1.82, 2.24) is 9.55 Å². The summed E-state index contributed by atoms with van der Waals surface area (Å²) in [4.78, 5) is 19.0. The van der Waals surface area contributed by atoms with E-state index in [2.05, 4.69) is 77.1 Å². The second kappa shape index (κ2) is 12.4. The van der Waals surface area contributed by atoms with Crippen molar-refractivity contribution < 1.29 is 9.90 Å². The zero-order valence-electron chi connectivity index (χ0n) is 24.0. The van der Waals surface area contributed by atoms with E-state index >= 15 is 0 Å². The van der Waals surface area contributed by atoms with Gasteiger partial charge in [-0.2, -0.15) is 0 Å². The highest BCUT2D eigenvalue weighted by atomic mass is 35.5. The van der Waals surface area contributed by atoms with E-state index in [1.165, 1.54) is 41.6 Å². The molecule has 6 rings (SSSR count). The fraction of sp³-hybridized carbons (Fsp3) is 0.278. The summed E-state index contributed by atoms with van der Waals surface area (Å²) >= 11 is 6.16. The minimum Gasteiger partial charge on any atom is -0.478 e. The van der Waals surface area contributed by atoms with Gasteiger partial charge in [0.25, 0.3) is 0 Å². The summed E-state index contributed by atoms with van der Waals surface area (Å²) < 4.78 is 2.36. The van der Waals surface area contributed by atoms with Gasteiger partial charge in [-0.05, 0) is 78.4 Å². The molecule has 0 bridgehead atoms. The van der Waals surface area contributed by atoms with Gasteiger partial charge in [0.05, 0.1) is 16.6 Å². The number of hydrogen-bond donors (Lipinski definition) is 1. The fourth-order valence-corrected chi connectivity index (χ4v) is 6.24. The van der Waals surface area contributed by atoms with Gasteiger partial charge in [-0.1, -0.05) is 86.3 Å². The lowest BCUT2D eigenvalue weighted by Crippen LogP contribution is -2.22. The maximum Gasteiger partial charge on any atom is 0.335 e. The molecule has 1 heterocycles. The average molecular weight is 578 g/mol. The zero-order chi connectivity index (χ0) is 29.1. The van der Waals surface area contributed by atoms with Crippen LogP contribution in [0.25, 0.3) is 22.4 Å². The quantitative estimate of drug-likeness (QED) is 0.190. The van der Waals surface area contributed by atoms with E-state index in [0.29, 0.717) is 6.04 Å². The SMILES string of the molecule is CCc1ccc(N(Cc2ccc(Cl)cc2)Cc2ccc(-c3nc4cc(C(=O)O)ccc4n3C3CCCCC3)cc2)cc1. The normalized spacial score (nSPS) is 13.9. The van der Waals surface area contributed by atoms with Crippen LogP contribution in [0, 0.1) is 0 Å². The Kier molecular flexibility index (Phi) is 8.29. The first-order chi connectivity index (χ1) is 20.5. The molecule has 1 N–H and O–H groups in total. The Hall–Kier alpha value is -4.09. The van der Waals surface area contributed by atoms with Gasteiger partial charge in [0.2, 0.25) is 0 Å². The van der Waals surface area contributed by atoms with E-state index in [-0.39, 0.29) is 5.56 Å². The van der Waals surface area contributed by atoms with Crippen molar-refractivity contribution in [3.05, 3.63) is 118 Å². The molecule has 6 heteroatoms. The molecule has 0 saturated heterocycles. The number of anilines is 1. The first kappa shape index (κ1) is 28.0. The molecule has 0 amide bonds. The third kappa shape index (κ3) is 6.07. The number of aryl methyl sites for hydroxylation is 1. The minimum atomic E-state index is -0.928. The highest BCUT2D eigenvalue weighted by Gasteiger charge is 2.23. The largest absolute Gasteiger partial charge is 0.478 e. The van der Waals surface area contributed by atoms with Gasteiger partial charge in [-0.25, -0.2) is 9.78 Å². The molecule has 1 aliphatic carbocycles. The van der Waals surface area contributed by atoms with Crippen molar-refractivity contribution in [2.24, 2.45) is 0 Å². The number of imidazole rings is 1. The van der Waals surface area contributed by atoms with Crippen LogP contribution in [0.1, 0.15) is 72.1 Å². The number of hydrogen-bond acceptors (Lipinski definition) is 3. The summed E-state index contributed by atoms with van der Waals surface area (Å²) in [7, 11) is 0. The van der Waals surface area contributed by atoms with Crippen LogP contribution in [0.5, 0.6) is 0 Å². The van der Waals surface area contributed by atoms with Crippen LogP contribution in [-0.4, -0.2) is 20.6 Å². The van der Waals surface area contributed by atoms with E-state index in [4.69, 9.17) is 16.6 Å². The third-order valence-electron chi connectivity index (χ3n) is 8.46. The number of benzene rings is 4. The summed E-state index contributed by atoms with van der Waals surface area (Å²) in [6, 6.07) is 31.3. The summed E-state index contributed by atoms with van der Waals surface area (Å²) in [5.41, 5.74) is 7.99. The van der Waals surface area contributed by atoms with Crippen LogP contribution in [0.4, 0.5) is 5.69 Å². The number of carbonyl (C=O) groups is 1. The van der Waals surface area contributed by atoms with E-state index in [1.54, 1.807) is 12.1 Å². The first-order valence-corrected chi connectivity index (χ1v) is 15.3. The van der Waals surface area contributed by atoms with Crippen molar-refractivity contribution in [1.29, 1.82) is 0 Å². The summed E-state index contributed by atoms with van der Waals surface area (Å²) in [5.74, 6) is -0.0123. The van der Waals surface area contributed by atoms with Gasteiger partial charge in [-0.15, -0.1) is 0 Å². The van der Waals surface area contributed by atoms with Crippen LogP contribution < -0.4 is 4.90 Å². The molecular weight excluding hydrogens is 542 g/mol. The molecule has 1 aliphatic rings. The molecule has 1 aromatic heterocycles. The Morgan fingerprint density at radius 3 is 2.10 bits per heavy atom. The standard InChI is InChI=1S/C36H36ClN3O2/c1-2-25-12-19-31(20-13-25)39(24-27-10-17-30(37)18-11-27)23-26-8-14-28(15-9-26)35-38-33-22-29(36(41)42)16-21-34(33)40(35)32-6-4-3-5-7-32/h8-22,32H,2-7,23-24H2,1H3,(H,41,42). The second-order valence-electron chi connectivity index (χ2n) is 11.3.